The molecule has 0 bridgehead atoms. The van der Waals surface area contributed by atoms with E-state index in [1.807, 2.05) is 0 Å². The lowest BCUT2D eigenvalue weighted by Gasteiger charge is -2.37. The van der Waals surface area contributed by atoms with Crippen LogP contribution in [0.3, 0.4) is 0 Å². The predicted molar refractivity (Wildman–Crippen MR) is 105 cm³/mol. The molecule has 0 aromatic heterocycles. The summed E-state index contributed by atoms with van der Waals surface area (Å²) >= 11 is 0. The van der Waals surface area contributed by atoms with Crippen molar-refractivity contribution in [1.29, 1.82) is 0 Å². The van der Waals surface area contributed by atoms with E-state index >= 15 is 0 Å². The molecule has 2 aliphatic heterocycles. The first-order valence-electron chi connectivity index (χ1n) is 9.95. The summed E-state index contributed by atoms with van der Waals surface area (Å²) in [4.78, 5) is 6.49. The number of halogens is 3. The number of hydrogen-bond donors (Lipinski definition) is 1. The van der Waals surface area contributed by atoms with E-state index in [1.54, 1.807) is 19.2 Å². The summed E-state index contributed by atoms with van der Waals surface area (Å²) in [6, 6.07) is 4.83. The third-order valence-electron chi connectivity index (χ3n) is 5.05. The molecule has 1 aromatic rings. The van der Waals surface area contributed by atoms with Crippen LogP contribution in [0, 0.1) is 0 Å². The van der Waals surface area contributed by atoms with Crippen LogP contribution in [0.1, 0.15) is 18.4 Å². The van der Waals surface area contributed by atoms with Gasteiger partial charge in [0.05, 0.1) is 19.8 Å². The summed E-state index contributed by atoms with van der Waals surface area (Å²) in [5.74, 6) is 1.03. The Bertz CT molecular complexity index is 724. The van der Waals surface area contributed by atoms with Crippen LogP contribution in [0.25, 0.3) is 0 Å². The number of alkyl halides is 3. The van der Waals surface area contributed by atoms with Gasteiger partial charge in [0.25, 0.3) is 0 Å². The number of hydrogen-bond acceptors (Lipinski definition) is 5. The molecule has 0 amide bonds. The van der Waals surface area contributed by atoms with Crippen molar-refractivity contribution >= 4 is 5.96 Å². The fourth-order valence-corrected chi connectivity index (χ4v) is 3.60. The standard InChI is InChI=1S/C20H28F3N3O4/c1-24-19(26-7-9-29-18(12-26)15-4-3-8-28-15)25-11-14-5-6-16(17(10-14)27-2)30-13-20(21,22)23/h5-6,10,15,18H,3-4,7-9,11-13H2,1-2H3,(H,24,25). The number of rotatable bonds is 6. The fraction of sp³-hybridized carbons (Fsp3) is 0.650. The summed E-state index contributed by atoms with van der Waals surface area (Å²) in [7, 11) is 3.11. The zero-order chi connectivity index (χ0) is 21.6. The molecule has 1 aromatic carbocycles. The Morgan fingerprint density at radius 1 is 1.23 bits per heavy atom. The van der Waals surface area contributed by atoms with Crippen molar-refractivity contribution in [2.75, 3.05) is 47.1 Å². The Labute approximate surface area is 174 Å². The van der Waals surface area contributed by atoms with Crippen molar-refractivity contribution in [2.24, 2.45) is 4.99 Å². The molecular formula is C20H28F3N3O4. The minimum absolute atomic E-state index is 0.0185. The second kappa shape index (κ2) is 10.2. The lowest BCUT2D eigenvalue weighted by atomic mass is 10.1. The van der Waals surface area contributed by atoms with E-state index in [9.17, 15) is 13.2 Å². The molecule has 0 saturated carbocycles. The van der Waals surface area contributed by atoms with E-state index in [4.69, 9.17) is 18.9 Å². The van der Waals surface area contributed by atoms with Gasteiger partial charge in [0.1, 0.15) is 6.10 Å². The fourth-order valence-electron chi connectivity index (χ4n) is 3.60. The van der Waals surface area contributed by atoms with Gasteiger partial charge < -0.3 is 29.2 Å². The predicted octanol–water partition coefficient (Wildman–Crippen LogP) is 2.59. The number of ether oxygens (including phenoxy) is 4. The van der Waals surface area contributed by atoms with Crippen molar-refractivity contribution in [1.82, 2.24) is 10.2 Å². The van der Waals surface area contributed by atoms with Crippen LogP contribution in [0.4, 0.5) is 13.2 Å². The lowest BCUT2D eigenvalue weighted by Crippen LogP contribution is -2.53. The van der Waals surface area contributed by atoms with E-state index in [1.165, 1.54) is 13.2 Å². The van der Waals surface area contributed by atoms with Gasteiger partial charge in [-0.25, -0.2) is 0 Å². The zero-order valence-corrected chi connectivity index (χ0v) is 17.2. The van der Waals surface area contributed by atoms with Crippen molar-refractivity contribution in [3.8, 4) is 11.5 Å². The molecule has 0 aliphatic carbocycles. The lowest BCUT2D eigenvalue weighted by molar-refractivity contribution is -0.153. The molecule has 168 valence electrons. The van der Waals surface area contributed by atoms with Crippen molar-refractivity contribution in [3.05, 3.63) is 23.8 Å². The molecule has 2 heterocycles. The Morgan fingerprint density at radius 2 is 2.03 bits per heavy atom. The van der Waals surface area contributed by atoms with Crippen LogP contribution >= 0.6 is 0 Å². The van der Waals surface area contributed by atoms with E-state index in [0.29, 0.717) is 19.7 Å². The van der Waals surface area contributed by atoms with Crippen molar-refractivity contribution < 1.29 is 32.1 Å². The Kier molecular flexibility index (Phi) is 7.65. The molecule has 30 heavy (non-hydrogen) atoms. The van der Waals surface area contributed by atoms with Crippen LogP contribution in [-0.2, 0) is 16.0 Å². The third kappa shape index (κ3) is 6.15. The summed E-state index contributed by atoms with van der Waals surface area (Å²) in [5, 5.41) is 3.30. The van der Waals surface area contributed by atoms with Gasteiger partial charge in [-0.1, -0.05) is 6.07 Å². The summed E-state index contributed by atoms with van der Waals surface area (Å²) in [5.41, 5.74) is 0.830. The normalized spacial score (nSPS) is 22.8. The van der Waals surface area contributed by atoms with E-state index in [2.05, 4.69) is 15.2 Å². The molecule has 2 aliphatic rings. The van der Waals surface area contributed by atoms with Crippen molar-refractivity contribution in [3.63, 3.8) is 0 Å². The van der Waals surface area contributed by atoms with Gasteiger partial charge in [-0.3, -0.25) is 4.99 Å². The van der Waals surface area contributed by atoms with Gasteiger partial charge in [-0.15, -0.1) is 0 Å². The van der Waals surface area contributed by atoms with E-state index in [0.717, 1.165) is 37.5 Å². The monoisotopic (exact) mass is 431 g/mol. The average Bonchev–Trinajstić information content (AvgIpc) is 3.27. The molecule has 2 saturated heterocycles. The Hall–Kier alpha value is -2.20. The summed E-state index contributed by atoms with van der Waals surface area (Å²) in [6.07, 6.45) is -2.20. The zero-order valence-electron chi connectivity index (χ0n) is 17.2. The maximum absolute atomic E-state index is 12.4. The number of benzene rings is 1. The smallest absolute Gasteiger partial charge is 0.422 e. The maximum Gasteiger partial charge on any atom is 0.422 e. The third-order valence-corrected chi connectivity index (χ3v) is 5.05. The topological polar surface area (TPSA) is 64.6 Å². The number of methoxy groups -OCH3 is 1. The number of nitrogens with one attached hydrogen (secondary N) is 1. The highest BCUT2D eigenvalue weighted by Gasteiger charge is 2.32. The molecule has 2 atom stereocenters. The van der Waals surface area contributed by atoms with Crippen LogP contribution < -0.4 is 14.8 Å². The molecule has 2 fully saturated rings. The highest BCUT2D eigenvalue weighted by Crippen LogP contribution is 2.30. The average molecular weight is 431 g/mol. The van der Waals surface area contributed by atoms with E-state index < -0.39 is 12.8 Å². The molecule has 0 radical (unpaired) electrons. The first-order valence-corrected chi connectivity index (χ1v) is 9.95. The number of aliphatic imine (C=N–C) groups is 1. The first kappa shape index (κ1) is 22.5. The molecule has 2 unspecified atom stereocenters. The van der Waals surface area contributed by atoms with Crippen LogP contribution in [0.2, 0.25) is 0 Å². The Balaban J connectivity index is 1.57. The maximum atomic E-state index is 12.4. The summed E-state index contributed by atoms with van der Waals surface area (Å²) < 4.78 is 58.8. The van der Waals surface area contributed by atoms with Crippen LogP contribution in [0.15, 0.2) is 23.2 Å². The van der Waals surface area contributed by atoms with Crippen molar-refractivity contribution in [2.45, 2.75) is 37.8 Å². The summed E-state index contributed by atoms with van der Waals surface area (Å²) in [6.45, 7) is 1.86. The number of nitrogens with zero attached hydrogens (tertiary/aromatic N) is 2. The quantitative estimate of drug-likeness (QED) is 0.552. The van der Waals surface area contributed by atoms with Gasteiger partial charge >= 0.3 is 6.18 Å². The minimum atomic E-state index is -4.41. The molecule has 3 rings (SSSR count). The first-order chi connectivity index (χ1) is 14.4. The minimum Gasteiger partial charge on any atom is -0.493 e. The van der Waals surface area contributed by atoms with Crippen LogP contribution in [-0.4, -0.2) is 76.3 Å². The molecule has 10 heteroatoms. The molecular weight excluding hydrogens is 403 g/mol. The molecule has 1 N–H and O–H groups in total. The number of morpholine rings is 1. The highest BCUT2D eigenvalue weighted by atomic mass is 19.4. The number of guanidine groups is 1. The molecule has 7 nitrogen and oxygen atoms in total. The van der Waals surface area contributed by atoms with E-state index in [-0.39, 0.29) is 23.7 Å². The second-order valence-corrected chi connectivity index (χ2v) is 7.20. The largest absolute Gasteiger partial charge is 0.493 e. The Morgan fingerprint density at radius 3 is 2.70 bits per heavy atom. The van der Waals surface area contributed by atoms with Gasteiger partial charge in [0, 0.05) is 33.3 Å². The van der Waals surface area contributed by atoms with Gasteiger partial charge in [-0.2, -0.15) is 13.2 Å². The van der Waals surface area contributed by atoms with Gasteiger partial charge in [0.15, 0.2) is 24.1 Å². The van der Waals surface area contributed by atoms with Crippen LogP contribution in [0.5, 0.6) is 11.5 Å². The highest BCUT2D eigenvalue weighted by molar-refractivity contribution is 5.80. The van der Waals surface area contributed by atoms with Gasteiger partial charge in [-0.05, 0) is 30.5 Å². The molecule has 0 spiro atoms. The SMILES string of the molecule is CN=C(NCc1ccc(OCC(F)(F)F)c(OC)c1)N1CCOC(C2CCCO2)C1. The second-order valence-electron chi connectivity index (χ2n) is 7.20. The van der Waals surface area contributed by atoms with Gasteiger partial charge in [0.2, 0.25) is 0 Å².